The summed E-state index contributed by atoms with van der Waals surface area (Å²) in [5, 5.41) is 3.04. The minimum Gasteiger partial charge on any atom is -0.350 e. The fraction of sp³-hybridized carbons (Fsp3) is 0.154. The number of rotatable bonds is 6. The molecule has 0 saturated carbocycles. The standard InChI is InChI=1S/C26H23FN2O2S/c1-16(2)18-6-12-21(13-7-18)29-25(30)23(28-20-10-8-19(27)9-11-20)24(26(29)31)32-22-14-4-17(3)5-15-22/h4-16,28H,1-3H3. The minimum absolute atomic E-state index is 0.181. The first-order chi connectivity index (χ1) is 15.3. The van der Waals surface area contributed by atoms with Crippen LogP contribution in [0.2, 0.25) is 0 Å². The molecule has 0 saturated heterocycles. The number of hydrogen-bond acceptors (Lipinski definition) is 4. The fourth-order valence-electron chi connectivity index (χ4n) is 3.36. The number of nitrogens with one attached hydrogen (secondary N) is 1. The van der Waals surface area contributed by atoms with Gasteiger partial charge < -0.3 is 5.32 Å². The van der Waals surface area contributed by atoms with Crippen molar-refractivity contribution in [3.05, 3.63) is 100 Å². The van der Waals surface area contributed by atoms with E-state index in [0.717, 1.165) is 16.0 Å². The summed E-state index contributed by atoms with van der Waals surface area (Å²) < 4.78 is 13.3. The fourth-order valence-corrected chi connectivity index (χ4v) is 4.29. The van der Waals surface area contributed by atoms with Gasteiger partial charge in [0.05, 0.1) is 5.69 Å². The van der Waals surface area contributed by atoms with Crippen LogP contribution < -0.4 is 10.2 Å². The summed E-state index contributed by atoms with van der Waals surface area (Å²) >= 11 is 1.24. The van der Waals surface area contributed by atoms with E-state index in [0.29, 0.717) is 22.2 Å². The van der Waals surface area contributed by atoms with Crippen LogP contribution in [0.1, 0.15) is 30.9 Å². The van der Waals surface area contributed by atoms with Gasteiger partial charge in [0.15, 0.2) is 0 Å². The molecule has 0 bridgehead atoms. The lowest BCUT2D eigenvalue weighted by atomic mass is 10.0. The summed E-state index contributed by atoms with van der Waals surface area (Å²) in [6.45, 7) is 6.16. The van der Waals surface area contributed by atoms with E-state index < -0.39 is 5.91 Å². The summed E-state index contributed by atoms with van der Waals surface area (Å²) in [5.74, 6) is -0.858. The zero-order valence-corrected chi connectivity index (χ0v) is 18.9. The van der Waals surface area contributed by atoms with Crippen LogP contribution in [0.25, 0.3) is 0 Å². The van der Waals surface area contributed by atoms with E-state index >= 15 is 0 Å². The molecule has 3 aromatic rings. The van der Waals surface area contributed by atoms with Gasteiger partial charge in [-0.25, -0.2) is 9.29 Å². The number of nitrogens with zero attached hydrogens (tertiary/aromatic N) is 1. The van der Waals surface area contributed by atoms with Crippen LogP contribution in [0, 0.1) is 12.7 Å². The molecule has 6 heteroatoms. The van der Waals surface area contributed by atoms with Gasteiger partial charge in [0.1, 0.15) is 16.4 Å². The summed E-state index contributed by atoms with van der Waals surface area (Å²) in [6.07, 6.45) is 0. The van der Waals surface area contributed by atoms with Crippen molar-refractivity contribution in [3.63, 3.8) is 0 Å². The maximum absolute atomic E-state index is 13.4. The van der Waals surface area contributed by atoms with Crippen molar-refractivity contribution in [3.8, 4) is 0 Å². The van der Waals surface area contributed by atoms with E-state index in [1.165, 1.54) is 40.9 Å². The van der Waals surface area contributed by atoms with Crippen molar-refractivity contribution in [1.29, 1.82) is 0 Å². The highest BCUT2D eigenvalue weighted by molar-refractivity contribution is 8.04. The third-order valence-corrected chi connectivity index (χ3v) is 6.30. The Balaban J connectivity index is 1.71. The molecule has 4 nitrogen and oxygen atoms in total. The average Bonchev–Trinajstić information content (AvgIpc) is 3.00. The van der Waals surface area contributed by atoms with Crippen LogP contribution in [-0.4, -0.2) is 11.8 Å². The van der Waals surface area contributed by atoms with Crippen LogP contribution in [-0.2, 0) is 9.59 Å². The quantitative estimate of drug-likeness (QED) is 0.455. The Labute approximate surface area is 191 Å². The lowest BCUT2D eigenvalue weighted by Gasteiger charge is -2.16. The summed E-state index contributed by atoms with van der Waals surface area (Å²) in [7, 11) is 0. The molecule has 0 atom stereocenters. The number of imide groups is 1. The molecule has 0 aliphatic carbocycles. The minimum atomic E-state index is -0.439. The van der Waals surface area contributed by atoms with E-state index in [-0.39, 0.29) is 17.4 Å². The first kappa shape index (κ1) is 21.8. The van der Waals surface area contributed by atoms with Gasteiger partial charge in [-0.3, -0.25) is 9.59 Å². The molecule has 0 aromatic heterocycles. The maximum Gasteiger partial charge on any atom is 0.283 e. The third kappa shape index (κ3) is 4.46. The number of benzene rings is 3. The van der Waals surface area contributed by atoms with Crippen molar-refractivity contribution in [2.75, 3.05) is 10.2 Å². The lowest BCUT2D eigenvalue weighted by Crippen LogP contribution is -2.32. The number of carbonyl (C=O) groups is 2. The predicted octanol–water partition coefficient (Wildman–Crippen LogP) is 6.25. The zero-order chi connectivity index (χ0) is 22.8. The molecule has 32 heavy (non-hydrogen) atoms. The largest absolute Gasteiger partial charge is 0.350 e. The Hall–Kier alpha value is -3.38. The highest BCUT2D eigenvalue weighted by Gasteiger charge is 2.40. The zero-order valence-electron chi connectivity index (χ0n) is 18.1. The van der Waals surface area contributed by atoms with Crippen molar-refractivity contribution in [1.82, 2.24) is 0 Å². The van der Waals surface area contributed by atoms with Gasteiger partial charge in [0.25, 0.3) is 11.8 Å². The van der Waals surface area contributed by atoms with E-state index in [2.05, 4.69) is 19.2 Å². The SMILES string of the molecule is Cc1ccc(SC2=C(Nc3ccc(F)cc3)C(=O)N(c3ccc(C(C)C)cc3)C2=O)cc1. The second-order valence-electron chi connectivity index (χ2n) is 7.94. The van der Waals surface area contributed by atoms with Crippen LogP contribution in [0.3, 0.4) is 0 Å². The van der Waals surface area contributed by atoms with Crippen LogP contribution in [0.4, 0.5) is 15.8 Å². The average molecular weight is 447 g/mol. The first-order valence-electron chi connectivity index (χ1n) is 10.3. The Bertz CT molecular complexity index is 1110. The van der Waals surface area contributed by atoms with Crippen LogP contribution >= 0.6 is 11.8 Å². The highest BCUT2D eigenvalue weighted by atomic mass is 32.2. The van der Waals surface area contributed by atoms with Crippen LogP contribution in [0.5, 0.6) is 0 Å². The molecule has 0 spiro atoms. The number of amides is 2. The van der Waals surface area contributed by atoms with Gasteiger partial charge >= 0.3 is 0 Å². The molecule has 1 aliphatic heterocycles. The highest BCUT2D eigenvalue weighted by Crippen LogP contribution is 2.38. The van der Waals surface area contributed by atoms with E-state index in [1.54, 1.807) is 12.1 Å². The number of carbonyl (C=O) groups excluding carboxylic acids is 2. The van der Waals surface area contributed by atoms with Crippen LogP contribution in [0.15, 0.2) is 88.3 Å². The van der Waals surface area contributed by atoms with E-state index in [9.17, 15) is 14.0 Å². The molecular weight excluding hydrogens is 423 g/mol. The van der Waals surface area contributed by atoms with Gasteiger partial charge in [0.2, 0.25) is 0 Å². The smallest absolute Gasteiger partial charge is 0.283 e. The third-order valence-electron chi connectivity index (χ3n) is 5.21. The molecular formula is C26H23FN2O2S. The van der Waals surface area contributed by atoms with Gasteiger partial charge in [-0.1, -0.05) is 55.4 Å². The van der Waals surface area contributed by atoms with E-state index in [1.807, 2.05) is 43.3 Å². The molecule has 0 unspecified atom stereocenters. The normalized spacial score (nSPS) is 14.0. The topological polar surface area (TPSA) is 49.4 Å². The molecule has 4 rings (SSSR count). The molecule has 2 amide bonds. The number of halogens is 1. The first-order valence-corrected chi connectivity index (χ1v) is 11.2. The second-order valence-corrected chi connectivity index (χ2v) is 9.03. The Kier molecular flexibility index (Phi) is 6.15. The monoisotopic (exact) mass is 446 g/mol. The van der Waals surface area contributed by atoms with Gasteiger partial charge in [-0.05, 0) is 66.9 Å². The van der Waals surface area contributed by atoms with Gasteiger partial charge in [-0.2, -0.15) is 0 Å². The molecule has 0 radical (unpaired) electrons. The molecule has 162 valence electrons. The Morgan fingerprint density at radius 2 is 1.47 bits per heavy atom. The number of thioether (sulfide) groups is 1. The van der Waals surface area contributed by atoms with E-state index in [4.69, 9.17) is 0 Å². The maximum atomic E-state index is 13.4. The van der Waals surface area contributed by atoms with Crippen molar-refractivity contribution >= 4 is 35.0 Å². The summed E-state index contributed by atoms with van der Waals surface area (Å²) in [5.41, 5.74) is 3.46. The van der Waals surface area contributed by atoms with Gasteiger partial charge in [0, 0.05) is 10.6 Å². The number of aryl methyl sites for hydroxylation is 1. The van der Waals surface area contributed by atoms with Gasteiger partial charge in [-0.15, -0.1) is 0 Å². The summed E-state index contributed by atoms with van der Waals surface area (Å²) in [4.78, 5) is 29.1. The summed E-state index contributed by atoms with van der Waals surface area (Å²) in [6, 6.07) is 20.9. The number of anilines is 2. The van der Waals surface area contributed by atoms with Crippen molar-refractivity contribution in [2.45, 2.75) is 31.6 Å². The molecule has 1 N–H and O–H groups in total. The lowest BCUT2D eigenvalue weighted by molar-refractivity contribution is -0.120. The molecule has 1 heterocycles. The predicted molar refractivity (Wildman–Crippen MR) is 127 cm³/mol. The molecule has 3 aromatic carbocycles. The Morgan fingerprint density at radius 1 is 0.844 bits per heavy atom. The van der Waals surface area contributed by atoms with Crippen molar-refractivity contribution in [2.24, 2.45) is 0 Å². The number of hydrogen-bond donors (Lipinski definition) is 1. The van der Waals surface area contributed by atoms with Crippen molar-refractivity contribution < 1.29 is 14.0 Å². The second kappa shape index (κ2) is 9.01. The Morgan fingerprint density at radius 3 is 2.06 bits per heavy atom. The molecule has 1 aliphatic rings. The molecule has 0 fully saturated rings.